The van der Waals surface area contributed by atoms with Crippen LogP contribution in [0, 0.1) is 0 Å². The second-order valence-electron chi connectivity index (χ2n) is 7.36. The van der Waals surface area contributed by atoms with Gasteiger partial charge in [0.05, 0.1) is 11.0 Å². The van der Waals surface area contributed by atoms with Gasteiger partial charge in [0, 0.05) is 33.1 Å². The first kappa shape index (κ1) is 14.2. The molecule has 0 amide bonds. The van der Waals surface area contributed by atoms with E-state index < -0.39 is 0 Å². The summed E-state index contributed by atoms with van der Waals surface area (Å²) in [6.07, 6.45) is 4.94. The molecule has 0 saturated carbocycles. The summed E-state index contributed by atoms with van der Waals surface area (Å²) in [5, 5.41) is 4.05. The highest BCUT2D eigenvalue weighted by Crippen LogP contribution is 2.39. The van der Waals surface area contributed by atoms with Crippen molar-refractivity contribution >= 4 is 32.7 Å². The van der Waals surface area contributed by atoms with Crippen LogP contribution in [0.15, 0.2) is 66.7 Å². The van der Waals surface area contributed by atoms with E-state index in [0.29, 0.717) is 0 Å². The smallest absolute Gasteiger partial charge is 0.0777 e. The average molecular weight is 336 g/mol. The third-order valence-corrected chi connectivity index (χ3v) is 5.93. The Morgan fingerprint density at radius 1 is 0.692 bits per heavy atom. The van der Waals surface area contributed by atoms with E-state index in [1.165, 1.54) is 69.8 Å². The molecule has 0 aliphatic heterocycles. The van der Waals surface area contributed by atoms with Crippen LogP contribution in [0.3, 0.4) is 0 Å². The Labute approximate surface area is 152 Å². The summed E-state index contributed by atoms with van der Waals surface area (Å²) < 4.78 is 2.52. The predicted octanol–water partition coefficient (Wildman–Crippen LogP) is 6.14. The number of nitrogens with one attached hydrogen (secondary N) is 1. The van der Waals surface area contributed by atoms with Crippen molar-refractivity contribution in [2.75, 3.05) is 0 Å². The molecule has 0 fully saturated rings. The molecule has 6 rings (SSSR count). The van der Waals surface area contributed by atoms with Crippen molar-refractivity contribution in [3.63, 3.8) is 0 Å². The second-order valence-corrected chi connectivity index (χ2v) is 7.36. The molecule has 2 nitrogen and oxygen atoms in total. The second kappa shape index (κ2) is 5.25. The van der Waals surface area contributed by atoms with Gasteiger partial charge in [0.1, 0.15) is 0 Å². The van der Waals surface area contributed by atoms with Gasteiger partial charge in [-0.05, 0) is 49.4 Å². The molecule has 126 valence electrons. The molecule has 2 aromatic heterocycles. The zero-order valence-corrected chi connectivity index (χ0v) is 14.6. The first-order valence-corrected chi connectivity index (χ1v) is 9.53. The van der Waals surface area contributed by atoms with Crippen LogP contribution in [0.4, 0.5) is 0 Å². The van der Waals surface area contributed by atoms with Gasteiger partial charge >= 0.3 is 0 Å². The van der Waals surface area contributed by atoms with Gasteiger partial charge in [-0.15, -0.1) is 0 Å². The fraction of sp³-hybridized carbons (Fsp3) is 0.167. The number of aromatic nitrogens is 2. The highest BCUT2D eigenvalue weighted by atomic mass is 15.0. The van der Waals surface area contributed by atoms with E-state index in [9.17, 15) is 0 Å². The maximum atomic E-state index is 3.72. The summed E-state index contributed by atoms with van der Waals surface area (Å²) >= 11 is 0. The number of rotatable bonds is 1. The van der Waals surface area contributed by atoms with Crippen molar-refractivity contribution in [1.82, 2.24) is 9.55 Å². The predicted molar refractivity (Wildman–Crippen MR) is 109 cm³/mol. The number of para-hydroxylation sites is 2. The Hall–Kier alpha value is -3.00. The Morgan fingerprint density at radius 2 is 1.46 bits per heavy atom. The lowest BCUT2D eigenvalue weighted by atomic mass is 9.95. The van der Waals surface area contributed by atoms with Gasteiger partial charge in [0.25, 0.3) is 0 Å². The van der Waals surface area contributed by atoms with Gasteiger partial charge < -0.3 is 9.55 Å². The normalized spacial score (nSPS) is 14.3. The molecule has 1 aliphatic carbocycles. The lowest BCUT2D eigenvalue weighted by Gasteiger charge is -2.16. The number of aromatic amines is 1. The summed E-state index contributed by atoms with van der Waals surface area (Å²) in [4.78, 5) is 3.72. The standard InChI is InChI=1S/C24H20N2/c1-2-8-16(9-3-1)26-22-13-7-5-11-18(22)20-15-14-19-17-10-4-6-12-21(17)25-23(19)24(20)26/h1-4,6,8-10,12,14-15,25H,5,7,11,13H2. The molecule has 26 heavy (non-hydrogen) atoms. The summed E-state index contributed by atoms with van der Waals surface area (Å²) in [5.74, 6) is 0. The molecule has 2 heteroatoms. The highest BCUT2D eigenvalue weighted by Gasteiger charge is 2.23. The molecular formula is C24H20N2. The number of benzene rings is 3. The Kier molecular flexibility index (Phi) is 2.87. The monoisotopic (exact) mass is 336 g/mol. The summed E-state index contributed by atoms with van der Waals surface area (Å²) in [6.45, 7) is 0. The van der Waals surface area contributed by atoms with Crippen molar-refractivity contribution in [1.29, 1.82) is 0 Å². The fourth-order valence-corrected chi connectivity index (χ4v) is 4.80. The Bertz CT molecular complexity index is 1270. The molecule has 0 radical (unpaired) electrons. The Morgan fingerprint density at radius 3 is 2.38 bits per heavy atom. The maximum Gasteiger partial charge on any atom is 0.0777 e. The third-order valence-electron chi connectivity index (χ3n) is 5.93. The van der Waals surface area contributed by atoms with Gasteiger partial charge in [0.15, 0.2) is 0 Å². The van der Waals surface area contributed by atoms with Gasteiger partial charge in [-0.2, -0.15) is 0 Å². The van der Waals surface area contributed by atoms with Gasteiger partial charge in [-0.1, -0.05) is 48.5 Å². The topological polar surface area (TPSA) is 20.7 Å². The molecule has 2 heterocycles. The summed E-state index contributed by atoms with van der Waals surface area (Å²) in [7, 11) is 0. The molecule has 5 aromatic rings. The molecule has 1 N–H and O–H groups in total. The zero-order valence-electron chi connectivity index (χ0n) is 14.6. The van der Waals surface area contributed by atoms with Crippen LogP contribution in [0.25, 0.3) is 38.4 Å². The van der Waals surface area contributed by atoms with E-state index >= 15 is 0 Å². The minimum absolute atomic E-state index is 1.17. The van der Waals surface area contributed by atoms with Crippen LogP contribution in [-0.2, 0) is 12.8 Å². The minimum atomic E-state index is 1.17. The van der Waals surface area contributed by atoms with Crippen LogP contribution in [0.5, 0.6) is 0 Å². The molecule has 1 aliphatic rings. The van der Waals surface area contributed by atoms with E-state index in [4.69, 9.17) is 0 Å². The first-order chi connectivity index (χ1) is 12.9. The zero-order chi connectivity index (χ0) is 17.1. The lowest BCUT2D eigenvalue weighted by Crippen LogP contribution is -2.06. The third kappa shape index (κ3) is 1.82. The molecule has 0 bridgehead atoms. The number of aryl methyl sites for hydroxylation is 1. The SMILES string of the molecule is c1ccc(-n2c3c(c4ccc5c6ccccc6[nH]c5c42)CCCC3)cc1. The Balaban J connectivity index is 1.84. The summed E-state index contributed by atoms with van der Waals surface area (Å²) in [6, 6.07) is 24.1. The largest absolute Gasteiger partial charge is 0.353 e. The van der Waals surface area contributed by atoms with Crippen molar-refractivity contribution in [3.05, 3.63) is 78.0 Å². The number of hydrogen-bond donors (Lipinski definition) is 1. The van der Waals surface area contributed by atoms with Crippen LogP contribution in [0.1, 0.15) is 24.1 Å². The summed E-state index contributed by atoms with van der Waals surface area (Å²) in [5.41, 5.74) is 8.15. The molecule has 0 spiro atoms. The minimum Gasteiger partial charge on any atom is -0.353 e. The number of hydrogen-bond acceptors (Lipinski definition) is 0. The molecule has 3 aromatic carbocycles. The van der Waals surface area contributed by atoms with E-state index in [2.05, 4.69) is 76.3 Å². The van der Waals surface area contributed by atoms with Crippen molar-refractivity contribution < 1.29 is 0 Å². The van der Waals surface area contributed by atoms with Crippen LogP contribution in [-0.4, -0.2) is 9.55 Å². The highest BCUT2D eigenvalue weighted by molar-refractivity contribution is 6.17. The number of H-pyrrole nitrogens is 1. The number of nitrogens with zero attached hydrogens (tertiary/aromatic N) is 1. The van der Waals surface area contributed by atoms with Crippen LogP contribution in [0.2, 0.25) is 0 Å². The van der Waals surface area contributed by atoms with E-state index in [0.717, 1.165) is 0 Å². The van der Waals surface area contributed by atoms with E-state index in [1.807, 2.05) is 0 Å². The molecular weight excluding hydrogens is 316 g/mol. The van der Waals surface area contributed by atoms with Crippen molar-refractivity contribution in [2.45, 2.75) is 25.7 Å². The van der Waals surface area contributed by atoms with Crippen LogP contribution < -0.4 is 0 Å². The van der Waals surface area contributed by atoms with E-state index in [-0.39, 0.29) is 0 Å². The number of fused-ring (bicyclic) bond motifs is 7. The lowest BCUT2D eigenvalue weighted by molar-refractivity contribution is 0.667. The van der Waals surface area contributed by atoms with Gasteiger partial charge in [-0.25, -0.2) is 0 Å². The van der Waals surface area contributed by atoms with E-state index in [1.54, 1.807) is 5.56 Å². The first-order valence-electron chi connectivity index (χ1n) is 9.53. The van der Waals surface area contributed by atoms with Gasteiger partial charge in [0.2, 0.25) is 0 Å². The van der Waals surface area contributed by atoms with Gasteiger partial charge in [-0.3, -0.25) is 0 Å². The average Bonchev–Trinajstić information content (AvgIpc) is 3.24. The molecule has 0 saturated heterocycles. The van der Waals surface area contributed by atoms with Crippen molar-refractivity contribution in [2.24, 2.45) is 0 Å². The van der Waals surface area contributed by atoms with Crippen molar-refractivity contribution in [3.8, 4) is 5.69 Å². The molecule has 0 atom stereocenters. The maximum absolute atomic E-state index is 3.72. The fourth-order valence-electron chi connectivity index (χ4n) is 4.80. The van der Waals surface area contributed by atoms with Crippen LogP contribution >= 0.6 is 0 Å². The quantitative estimate of drug-likeness (QED) is 0.379. The molecule has 0 unspecified atom stereocenters.